The first-order valence-corrected chi connectivity index (χ1v) is 7.99. The Hall–Kier alpha value is -1.36. The third kappa shape index (κ3) is 3.46. The lowest BCUT2D eigenvalue weighted by atomic mass is 9.76. The molecule has 2 heterocycles. The second-order valence-electron chi connectivity index (χ2n) is 6.22. The maximum atomic E-state index is 11.5. The maximum Gasteiger partial charge on any atom is 0.309 e. The lowest BCUT2D eigenvalue weighted by Crippen LogP contribution is -2.43. The van der Waals surface area contributed by atoms with Gasteiger partial charge in [0.25, 0.3) is 0 Å². The van der Waals surface area contributed by atoms with Crippen molar-refractivity contribution >= 4 is 5.97 Å². The summed E-state index contributed by atoms with van der Waals surface area (Å²) >= 11 is 0. The lowest BCUT2D eigenvalue weighted by molar-refractivity contribution is -0.152. The summed E-state index contributed by atoms with van der Waals surface area (Å²) in [5, 5.41) is 14.0. The van der Waals surface area contributed by atoms with Crippen molar-refractivity contribution in [3.63, 3.8) is 0 Å². The molecule has 0 atom stereocenters. The van der Waals surface area contributed by atoms with Crippen LogP contribution in [0.15, 0.2) is 6.20 Å². The van der Waals surface area contributed by atoms with Crippen LogP contribution in [0.25, 0.3) is 0 Å². The summed E-state index contributed by atoms with van der Waals surface area (Å²) in [6.45, 7) is 9.75. The zero-order chi connectivity index (χ0) is 15.5. The SMILES string of the molecule is CCCn1cc(CN2CCC(CC)(C(=O)O)CC2)c(C)n1. The Labute approximate surface area is 126 Å². The smallest absolute Gasteiger partial charge is 0.309 e. The Balaban J connectivity index is 1.96. The third-order valence-corrected chi connectivity index (χ3v) is 4.84. The molecule has 0 bridgehead atoms. The van der Waals surface area contributed by atoms with Gasteiger partial charge in [-0.15, -0.1) is 0 Å². The van der Waals surface area contributed by atoms with Gasteiger partial charge in [0, 0.05) is 24.8 Å². The fourth-order valence-electron chi connectivity index (χ4n) is 3.16. The van der Waals surface area contributed by atoms with E-state index in [-0.39, 0.29) is 0 Å². The predicted molar refractivity (Wildman–Crippen MR) is 82.1 cm³/mol. The molecule has 118 valence electrons. The van der Waals surface area contributed by atoms with E-state index >= 15 is 0 Å². The van der Waals surface area contributed by atoms with Crippen LogP contribution < -0.4 is 0 Å². The van der Waals surface area contributed by atoms with Crippen LogP contribution in [0, 0.1) is 12.3 Å². The molecule has 2 rings (SSSR count). The minimum atomic E-state index is -0.628. The summed E-state index contributed by atoms with van der Waals surface area (Å²) in [5.74, 6) is -0.628. The van der Waals surface area contributed by atoms with Crippen molar-refractivity contribution < 1.29 is 9.90 Å². The van der Waals surface area contributed by atoms with Gasteiger partial charge >= 0.3 is 5.97 Å². The molecule has 5 heteroatoms. The molecule has 1 saturated heterocycles. The number of piperidine rings is 1. The van der Waals surface area contributed by atoms with Crippen molar-refractivity contribution in [2.75, 3.05) is 13.1 Å². The highest BCUT2D eigenvalue weighted by Gasteiger charge is 2.39. The molecular formula is C16H27N3O2. The highest BCUT2D eigenvalue weighted by molar-refractivity contribution is 5.74. The van der Waals surface area contributed by atoms with E-state index in [1.54, 1.807) is 0 Å². The molecule has 1 aromatic heterocycles. The lowest BCUT2D eigenvalue weighted by Gasteiger charge is -2.38. The van der Waals surface area contributed by atoms with Gasteiger partial charge in [0.2, 0.25) is 0 Å². The third-order valence-electron chi connectivity index (χ3n) is 4.84. The number of hydrogen-bond donors (Lipinski definition) is 1. The van der Waals surface area contributed by atoms with Crippen LogP contribution in [-0.2, 0) is 17.9 Å². The van der Waals surface area contributed by atoms with Gasteiger partial charge in [0.05, 0.1) is 11.1 Å². The van der Waals surface area contributed by atoms with Gasteiger partial charge in [-0.1, -0.05) is 13.8 Å². The van der Waals surface area contributed by atoms with E-state index in [9.17, 15) is 9.90 Å². The van der Waals surface area contributed by atoms with Gasteiger partial charge in [-0.05, 0) is 45.7 Å². The number of nitrogens with zero attached hydrogens (tertiary/aromatic N) is 3. The molecule has 0 aromatic carbocycles. The molecule has 0 unspecified atom stereocenters. The average Bonchev–Trinajstić information content (AvgIpc) is 2.80. The van der Waals surface area contributed by atoms with Gasteiger partial charge in [-0.3, -0.25) is 14.4 Å². The molecule has 0 amide bonds. The first-order chi connectivity index (χ1) is 10.0. The van der Waals surface area contributed by atoms with Crippen molar-refractivity contribution in [2.45, 2.75) is 59.5 Å². The fraction of sp³-hybridized carbons (Fsp3) is 0.750. The summed E-state index contributed by atoms with van der Waals surface area (Å²) in [6, 6.07) is 0. The molecule has 1 N–H and O–H groups in total. The highest BCUT2D eigenvalue weighted by Crippen LogP contribution is 2.35. The molecule has 21 heavy (non-hydrogen) atoms. The molecule has 1 aliphatic heterocycles. The minimum absolute atomic E-state index is 0.502. The summed E-state index contributed by atoms with van der Waals surface area (Å²) in [4.78, 5) is 13.8. The standard InChI is InChI=1S/C16H27N3O2/c1-4-8-19-12-14(13(3)17-19)11-18-9-6-16(5-2,7-10-18)15(20)21/h12H,4-11H2,1-3H3,(H,20,21). The minimum Gasteiger partial charge on any atom is -0.481 e. The van der Waals surface area contributed by atoms with Crippen molar-refractivity contribution in [1.82, 2.24) is 14.7 Å². The number of likely N-dealkylation sites (tertiary alicyclic amines) is 1. The topological polar surface area (TPSA) is 58.4 Å². The van der Waals surface area contributed by atoms with E-state index in [0.29, 0.717) is 0 Å². The first-order valence-electron chi connectivity index (χ1n) is 7.99. The van der Waals surface area contributed by atoms with Gasteiger partial charge < -0.3 is 5.11 Å². The number of carboxylic acid groups (broad SMARTS) is 1. The Bertz CT molecular complexity index is 488. The van der Waals surface area contributed by atoms with Crippen LogP contribution in [0.5, 0.6) is 0 Å². The Morgan fingerprint density at radius 1 is 1.38 bits per heavy atom. The molecule has 1 fully saturated rings. The Morgan fingerprint density at radius 3 is 2.57 bits per heavy atom. The number of carbonyl (C=O) groups is 1. The molecule has 0 saturated carbocycles. The van der Waals surface area contributed by atoms with Gasteiger partial charge in [0.1, 0.15) is 0 Å². The van der Waals surface area contributed by atoms with Gasteiger partial charge in [-0.2, -0.15) is 5.10 Å². The largest absolute Gasteiger partial charge is 0.481 e. The van der Waals surface area contributed by atoms with E-state index in [2.05, 4.69) is 30.0 Å². The molecule has 1 aromatic rings. The molecular weight excluding hydrogens is 266 g/mol. The van der Waals surface area contributed by atoms with E-state index in [1.165, 1.54) is 5.56 Å². The summed E-state index contributed by atoms with van der Waals surface area (Å²) in [5.41, 5.74) is 1.86. The van der Waals surface area contributed by atoms with Crippen molar-refractivity contribution in [3.8, 4) is 0 Å². The van der Waals surface area contributed by atoms with Crippen LogP contribution in [0.4, 0.5) is 0 Å². The van der Waals surface area contributed by atoms with Crippen LogP contribution in [0.2, 0.25) is 0 Å². The molecule has 0 radical (unpaired) electrons. The predicted octanol–water partition coefficient (Wildman–Crippen LogP) is 2.68. The molecule has 0 aliphatic carbocycles. The summed E-state index contributed by atoms with van der Waals surface area (Å²) in [6.07, 6.45) is 5.45. The number of rotatable bonds is 6. The van der Waals surface area contributed by atoms with Gasteiger partial charge in [-0.25, -0.2) is 0 Å². The van der Waals surface area contributed by atoms with Gasteiger partial charge in [0.15, 0.2) is 0 Å². The Kier molecular flexibility index (Phi) is 5.04. The highest BCUT2D eigenvalue weighted by atomic mass is 16.4. The number of carboxylic acids is 1. The number of aromatic nitrogens is 2. The average molecular weight is 293 g/mol. The van der Waals surface area contributed by atoms with E-state index in [0.717, 1.165) is 57.6 Å². The number of hydrogen-bond acceptors (Lipinski definition) is 3. The van der Waals surface area contributed by atoms with E-state index in [1.807, 2.05) is 11.6 Å². The maximum absolute atomic E-state index is 11.5. The van der Waals surface area contributed by atoms with Crippen molar-refractivity contribution in [2.24, 2.45) is 5.41 Å². The Morgan fingerprint density at radius 2 is 2.05 bits per heavy atom. The van der Waals surface area contributed by atoms with E-state index in [4.69, 9.17) is 0 Å². The van der Waals surface area contributed by atoms with Crippen LogP contribution in [0.3, 0.4) is 0 Å². The number of aliphatic carboxylic acids is 1. The molecule has 1 aliphatic rings. The number of aryl methyl sites for hydroxylation is 2. The van der Waals surface area contributed by atoms with Crippen molar-refractivity contribution in [1.29, 1.82) is 0 Å². The second kappa shape index (κ2) is 6.60. The normalized spacial score (nSPS) is 18.8. The van der Waals surface area contributed by atoms with E-state index < -0.39 is 11.4 Å². The zero-order valence-corrected chi connectivity index (χ0v) is 13.4. The van der Waals surface area contributed by atoms with Crippen LogP contribution >= 0.6 is 0 Å². The zero-order valence-electron chi connectivity index (χ0n) is 13.4. The summed E-state index contributed by atoms with van der Waals surface area (Å²) in [7, 11) is 0. The molecule has 0 spiro atoms. The second-order valence-corrected chi connectivity index (χ2v) is 6.22. The van der Waals surface area contributed by atoms with Crippen LogP contribution in [0.1, 0.15) is 50.8 Å². The quantitative estimate of drug-likeness (QED) is 0.876. The molecule has 5 nitrogen and oxygen atoms in total. The summed E-state index contributed by atoms with van der Waals surface area (Å²) < 4.78 is 2.02. The monoisotopic (exact) mass is 293 g/mol. The first kappa shape index (κ1) is 16.0. The fourth-order valence-corrected chi connectivity index (χ4v) is 3.16. The van der Waals surface area contributed by atoms with Crippen LogP contribution in [-0.4, -0.2) is 38.8 Å². The van der Waals surface area contributed by atoms with Crippen molar-refractivity contribution in [3.05, 3.63) is 17.5 Å².